The van der Waals surface area contributed by atoms with Crippen molar-refractivity contribution in [3.63, 3.8) is 0 Å². The molecule has 1 fully saturated rings. The van der Waals surface area contributed by atoms with Crippen molar-refractivity contribution in [3.05, 3.63) is 23.9 Å². The lowest BCUT2D eigenvalue weighted by Crippen LogP contribution is -2.27. The van der Waals surface area contributed by atoms with Crippen LogP contribution in [0.3, 0.4) is 0 Å². The fourth-order valence-electron chi connectivity index (χ4n) is 1.43. The third-order valence-electron chi connectivity index (χ3n) is 2.50. The molecule has 2 rings (SSSR count). The van der Waals surface area contributed by atoms with Crippen molar-refractivity contribution >= 4 is 5.82 Å². The van der Waals surface area contributed by atoms with E-state index in [9.17, 15) is 13.2 Å². The summed E-state index contributed by atoms with van der Waals surface area (Å²) in [5.41, 5.74) is -0.841. The van der Waals surface area contributed by atoms with Gasteiger partial charge in [-0.1, -0.05) is 6.07 Å². The number of nitrogens with one attached hydrogen (secondary N) is 1. The molecule has 0 radical (unpaired) electrons. The van der Waals surface area contributed by atoms with Crippen molar-refractivity contribution in [1.29, 1.82) is 0 Å². The fraction of sp³-hybridized carbons (Fsp3) is 0.500. The van der Waals surface area contributed by atoms with E-state index in [4.69, 9.17) is 0 Å². The quantitative estimate of drug-likeness (QED) is 0.821. The first-order valence-electron chi connectivity index (χ1n) is 4.86. The van der Waals surface area contributed by atoms with Gasteiger partial charge in [0.2, 0.25) is 0 Å². The molecular formula is C10H11F3N2. The van der Waals surface area contributed by atoms with Crippen molar-refractivity contribution in [2.45, 2.75) is 31.5 Å². The summed E-state index contributed by atoms with van der Waals surface area (Å²) >= 11 is 0. The second kappa shape index (κ2) is 3.72. The largest absolute Gasteiger partial charge is 0.433 e. The van der Waals surface area contributed by atoms with Crippen LogP contribution in [-0.4, -0.2) is 11.0 Å². The Balaban J connectivity index is 2.11. The van der Waals surface area contributed by atoms with Crippen LogP contribution >= 0.6 is 0 Å². The number of alkyl halides is 3. The lowest BCUT2D eigenvalue weighted by atomic mass is 9.93. The van der Waals surface area contributed by atoms with Crippen molar-refractivity contribution in [3.8, 4) is 0 Å². The average molecular weight is 216 g/mol. The molecule has 1 heterocycles. The second-order valence-electron chi connectivity index (χ2n) is 3.68. The number of aromatic nitrogens is 1. The number of rotatable bonds is 2. The summed E-state index contributed by atoms with van der Waals surface area (Å²) < 4.78 is 36.9. The van der Waals surface area contributed by atoms with Crippen LogP contribution in [0.4, 0.5) is 19.0 Å². The summed E-state index contributed by atoms with van der Waals surface area (Å²) in [4.78, 5) is 3.53. The molecule has 1 aliphatic carbocycles. The molecule has 1 N–H and O–H groups in total. The van der Waals surface area contributed by atoms with Crippen molar-refractivity contribution in [2.24, 2.45) is 0 Å². The summed E-state index contributed by atoms with van der Waals surface area (Å²) in [7, 11) is 0. The molecular weight excluding hydrogens is 205 g/mol. The first kappa shape index (κ1) is 10.3. The highest BCUT2D eigenvalue weighted by Gasteiger charge is 2.32. The standard InChI is InChI=1S/C10H11F3N2/c11-10(12,13)8-5-2-6-9(15-8)14-7-3-1-4-7/h2,5-7H,1,3-4H2,(H,14,15). The Bertz CT molecular complexity index is 345. The molecule has 1 aliphatic rings. The Morgan fingerprint density at radius 3 is 2.53 bits per heavy atom. The highest BCUT2D eigenvalue weighted by atomic mass is 19.4. The maximum atomic E-state index is 12.3. The van der Waals surface area contributed by atoms with Gasteiger partial charge in [-0.15, -0.1) is 0 Å². The molecule has 0 unspecified atom stereocenters. The van der Waals surface area contributed by atoms with Crippen LogP contribution in [0.15, 0.2) is 18.2 Å². The normalized spacial score (nSPS) is 17.3. The van der Waals surface area contributed by atoms with Gasteiger partial charge < -0.3 is 5.32 Å². The molecule has 0 amide bonds. The molecule has 0 spiro atoms. The van der Waals surface area contributed by atoms with Crippen LogP contribution in [0.5, 0.6) is 0 Å². The molecule has 15 heavy (non-hydrogen) atoms. The number of hydrogen-bond donors (Lipinski definition) is 1. The molecule has 2 nitrogen and oxygen atoms in total. The van der Waals surface area contributed by atoms with E-state index < -0.39 is 11.9 Å². The van der Waals surface area contributed by atoms with Gasteiger partial charge in [0, 0.05) is 6.04 Å². The van der Waals surface area contributed by atoms with Crippen LogP contribution in [0.2, 0.25) is 0 Å². The molecule has 0 aromatic carbocycles. The summed E-state index contributed by atoms with van der Waals surface area (Å²) in [5, 5.41) is 2.98. The Morgan fingerprint density at radius 1 is 1.27 bits per heavy atom. The number of pyridine rings is 1. The molecule has 0 saturated heterocycles. The van der Waals surface area contributed by atoms with Gasteiger partial charge in [-0.3, -0.25) is 0 Å². The average Bonchev–Trinajstić information content (AvgIpc) is 2.11. The number of hydrogen-bond acceptors (Lipinski definition) is 2. The molecule has 0 aliphatic heterocycles. The molecule has 1 saturated carbocycles. The van der Waals surface area contributed by atoms with Gasteiger partial charge in [-0.05, 0) is 31.4 Å². The van der Waals surface area contributed by atoms with Crippen LogP contribution in [0, 0.1) is 0 Å². The van der Waals surface area contributed by atoms with Gasteiger partial charge >= 0.3 is 6.18 Å². The molecule has 5 heteroatoms. The zero-order chi connectivity index (χ0) is 10.9. The first-order valence-corrected chi connectivity index (χ1v) is 4.86. The van der Waals surface area contributed by atoms with Gasteiger partial charge in [0.25, 0.3) is 0 Å². The monoisotopic (exact) mass is 216 g/mol. The van der Waals surface area contributed by atoms with Gasteiger partial charge in [-0.25, -0.2) is 4.98 Å². The highest BCUT2D eigenvalue weighted by molar-refractivity contribution is 5.37. The summed E-state index contributed by atoms with van der Waals surface area (Å²) in [6.45, 7) is 0. The van der Waals surface area contributed by atoms with E-state index in [-0.39, 0.29) is 0 Å². The van der Waals surface area contributed by atoms with E-state index in [0.29, 0.717) is 11.9 Å². The highest BCUT2D eigenvalue weighted by Crippen LogP contribution is 2.29. The molecule has 0 bridgehead atoms. The second-order valence-corrected chi connectivity index (χ2v) is 3.68. The predicted octanol–water partition coefficient (Wildman–Crippen LogP) is 3.06. The predicted molar refractivity (Wildman–Crippen MR) is 50.5 cm³/mol. The summed E-state index contributed by atoms with van der Waals surface area (Å²) in [6, 6.07) is 4.21. The van der Waals surface area contributed by atoms with Crippen molar-refractivity contribution in [2.75, 3.05) is 5.32 Å². The minimum atomic E-state index is -4.36. The number of halogens is 3. The van der Waals surface area contributed by atoms with E-state index >= 15 is 0 Å². The summed E-state index contributed by atoms with van der Waals surface area (Å²) in [6.07, 6.45) is -1.20. The van der Waals surface area contributed by atoms with E-state index in [0.717, 1.165) is 25.3 Å². The lowest BCUT2D eigenvalue weighted by molar-refractivity contribution is -0.141. The van der Waals surface area contributed by atoms with Gasteiger partial charge in [0.1, 0.15) is 11.5 Å². The minimum Gasteiger partial charge on any atom is -0.367 e. The molecule has 1 aromatic rings. The van der Waals surface area contributed by atoms with Gasteiger partial charge in [-0.2, -0.15) is 13.2 Å². The van der Waals surface area contributed by atoms with Crippen LogP contribution in [0.1, 0.15) is 25.0 Å². The van der Waals surface area contributed by atoms with E-state index in [1.807, 2.05) is 0 Å². The Kier molecular flexibility index (Phi) is 2.54. The van der Waals surface area contributed by atoms with E-state index in [1.165, 1.54) is 6.07 Å². The molecule has 0 atom stereocenters. The smallest absolute Gasteiger partial charge is 0.367 e. The van der Waals surface area contributed by atoms with Crippen LogP contribution in [0.25, 0.3) is 0 Å². The Hall–Kier alpha value is -1.26. The van der Waals surface area contributed by atoms with Crippen LogP contribution in [-0.2, 0) is 6.18 Å². The first-order chi connectivity index (χ1) is 7.05. The van der Waals surface area contributed by atoms with Gasteiger partial charge in [0.05, 0.1) is 0 Å². The molecule has 1 aromatic heterocycles. The van der Waals surface area contributed by atoms with Crippen LogP contribution < -0.4 is 5.32 Å². The maximum Gasteiger partial charge on any atom is 0.433 e. The van der Waals surface area contributed by atoms with Gasteiger partial charge in [0.15, 0.2) is 0 Å². The zero-order valence-electron chi connectivity index (χ0n) is 8.01. The summed E-state index contributed by atoms with van der Waals surface area (Å²) in [5.74, 6) is 0.314. The third kappa shape index (κ3) is 2.40. The lowest BCUT2D eigenvalue weighted by Gasteiger charge is -2.27. The Morgan fingerprint density at radius 2 is 2.00 bits per heavy atom. The SMILES string of the molecule is FC(F)(F)c1cccc(NC2CCC2)n1. The fourth-order valence-corrected chi connectivity index (χ4v) is 1.43. The zero-order valence-corrected chi connectivity index (χ0v) is 8.01. The molecule has 82 valence electrons. The number of nitrogens with zero attached hydrogens (tertiary/aromatic N) is 1. The topological polar surface area (TPSA) is 24.9 Å². The maximum absolute atomic E-state index is 12.3. The number of anilines is 1. The Labute approximate surface area is 85.5 Å². The van der Waals surface area contributed by atoms with Crippen molar-refractivity contribution in [1.82, 2.24) is 4.98 Å². The third-order valence-corrected chi connectivity index (χ3v) is 2.50. The minimum absolute atomic E-state index is 0.293. The van der Waals surface area contributed by atoms with E-state index in [2.05, 4.69) is 10.3 Å². The van der Waals surface area contributed by atoms with E-state index in [1.54, 1.807) is 6.07 Å². The van der Waals surface area contributed by atoms with Crippen molar-refractivity contribution < 1.29 is 13.2 Å².